The van der Waals surface area contributed by atoms with E-state index in [1.54, 1.807) is 29.6 Å². The number of hydrogen-bond acceptors (Lipinski definition) is 5. The normalized spacial score (nSPS) is 11.1. The molecule has 6 heteroatoms. The van der Waals surface area contributed by atoms with Crippen LogP contribution in [0.3, 0.4) is 0 Å². The van der Waals surface area contributed by atoms with Crippen molar-refractivity contribution in [2.24, 2.45) is 10.7 Å². The molecule has 1 aromatic carbocycles. The van der Waals surface area contributed by atoms with Crippen LogP contribution in [0.5, 0.6) is 0 Å². The molecule has 78 valence electrons. The molecule has 0 spiro atoms. The van der Waals surface area contributed by atoms with Gasteiger partial charge in [0.05, 0.1) is 17.3 Å². The third-order valence-electron chi connectivity index (χ3n) is 1.85. The Labute approximate surface area is 96.0 Å². The summed E-state index contributed by atoms with van der Waals surface area (Å²) in [7, 11) is 0. The van der Waals surface area contributed by atoms with Crippen LogP contribution in [0.15, 0.2) is 34.6 Å². The van der Waals surface area contributed by atoms with Crippen LogP contribution in [0.25, 0.3) is 0 Å². The van der Waals surface area contributed by atoms with Gasteiger partial charge in [-0.3, -0.25) is 0 Å². The van der Waals surface area contributed by atoms with Gasteiger partial charge in [0, 0.05) is 5.38 Å². The van der Waals surface area contributed by atoms with E-state index in [1.807, 2.05) is 6.07 Å². The van der Waals surface area contributed by atoms with E-state index < -0.39 is 0 Å². The summed E-state index contributed by atoms with van der Waals surface area (Å²) < 4.78 is 3.70. The quantitative estimate of drug-likeness (QED) is 0.623. The highest BCUT2D eigenvalue weighted by Crippen LogP contribution is 2.14. The number of nitrogens with zero attached hydrogens (tertiary/aromatic N) is 4. The lowest BCUT2D eigenvalue weighted by molar-refractivity contribution is 1.13. The van der Waals surface area contributed by atoms with Crippen molar-refractivity contribution in [3.8, 4) is 6.07 Å². The lowest BCUT2D eigenvalue weighted by Gasteiger charge is -1.96. The van der Waals surface area contributed by atoms with Crippen molar-refractivity contribution in [1.82, 2.24) is 9.59 Å². The van der Waals surface area contributed by atoms with Gasteiger partial charge in [-0.15, -0.1) is 5.10 Å². The molecule has 0 saturated heterocycles. The smallest absolute Gasteiger partial charge is 0.152 e. The highest BCUT2D eigenvalue weighted by Gasteiger charge is 2.02. The molecule has 16 heavy (non-hydrogen) atoms. The van der Waals surface area contributed by atoms with E-state index in [4.69, 9.17) is 11.0 Å². The first kappa shape index (κ1) is 10.3. The lowest BCUT2D eigenvalue weighted by atomic mass is 10.2. The van der Waals surface area contributed by atoms with Crippen LogP contribution in [-0.2, 0) is 0 Å². The molecular formula is C10H7N5S. The van der Waals surface area contributed by atoms with E-state index in [-0.39, 0.29) is 0 Å². The molecule has 0 saturated carbocycles. The summed E-state index contributed by atoms with van der Waals surface area (Å²) in [5.74, 6) is 0.295. The molecule has 0 amide bonds. The van der Waals surface area contributed by atoms with Gasteiger partial charge in [-0.2, -0.15) is 5.26 Å². The minimum atomic E-state index is 0.295. The number of rotatable bonds is 2. The van der Waals surface area contributed by atoms with Gasteiger partial charge in [0.2, 0.25) is 0 Å². The van der Waals surface area contributed by atoms with Crippen molar-refractivity contribution in [1.29, 1.82) is 5.26 Å². The molecule has 5 nitrogen and oxygen atoms in total. The first-order valence-electron chi connectivity index (χ1n) is 4.41. The molecule has 0 atom stereocenters. The number of amidine groups is 1. The summed E-state index contributed by atoms with van der Waals surface area (Å²) in [6.07, 6.45) is 0. The zero-order valence-corrected chi connectivity index (χ0v) is 8.98. The SMILES string of the molecule is N#Cc1cccc(N=C(N)c2csnn2)c1. The van der Waals surface area contributed by atoms with Crippen molar-refractivity contribution >= 4 is 23.1 Å². The highest BCUT2D eigenvalue weighted by molar-refractivity contribution is 7.03. The predicted octanol–water partition coefficient (Wildman–Crippen LogP) is 1.45. The van der Waals surface area contributed by atoms with Crippen LogP contribution < -0.4 is 5.73 Å². The van der Waals surface area contributed by atoms with E-state index in [2.05, 4.69) is 14.6 Å². The second kappa shape index (κ2) is 4.51. The molecule has 0 bridgehead atoms. The number of aromatic nitrogens is 2. The third-order valence-corrected chi connectivity index (χ3v) is 2.35. The van der Waals surface area contributed by atoms with Crippen molar-refractivity contribution in [3.05, 3.63) is 40.9 Å². The molecule has 1 aromatic heterocycles. The van der Waals surface area contributed by atoms with Crippen LogP contribution in [0, 0.1) is 11.3 Å². The maximum Gasteiger partial charge on any atom is 0.152 e. The molecule has 0 fully saturated rings. The predicted molar refractivity (Wildman–Crippen MR) is 61.5 cm³/mol. The standard InChI is InChI=1S/C10H7N5S/c11-5-7-2-1-3-8(4-7)13-10(12)9-6-16-15-14-9/h1-4,6H,(H2,12,13). The number of nitriles is 1. The first-order valence-corrected chi connectivity index (χ1v) is 5.25. The molecule has 0 unspecified atom stereocenters. The van der Waals surface area contributed by atoms with Crippen molar-refractivity contribution in [3.63, 3.8) is 0 Å². The number of aliphatic imine (C=N–C) groups is 1. The molecular weight excluding hydrogens is 222 g/mol. The molecule has 2 aromatic rings. The van der Waals surface area contributed by atoms with Gasteiger partial charge in [0.1, 0.15) is 5.69 Å². The Bertz CT molecular complexity index is 553. The monoisotopic (exact) mass is 229 g/mol. The second-order valence-electron chi connectivity index (χ2n) is 2.95. The second-order valence-corrected chi connectivity index (χ2v) is 3.56. The average molecular weight is 229 g/mol. The van der Waals surface area contributed by atoms with Crippen LogP contribution in [0.4, 0.5) is 5.69 Å². The van der Waals surface area contributed by atoms with Crippen LogP contribution >= 0.6 is 11.5 Å². The fraction of sp³-hybridized carbons (Fsp3) is 0. The van der Waals surface area contributed by atoms with E-state index in [9.17, 15) is 0 Å². The Kier molecular flexibility index (Phi) is 2.89. The van der Waals surface area contributed by atoms with Gasteiger partial charge in [-0.05, 0) is 29.7 Å². The minimum absolute atomic E-state index is 0.295. The number of hydrogen-bond donors (Lipinski definition) is 1. The topological polar surface area (TPSA) is 88.0 Å². The first-order chi connectivity index (χ1) is 7.79. The maximum absolute atomic E-state index is 8.73. The summed E-state index contributed by atoms with van der Waals surface area (Å²) in [5.41, 5.74) is 7.46. The molecule has 1 heterocycles. The fourth-order valence-corrected chi connectivity index (χ4v) is 1.57. The van der Waals surface area contributed by atoms with Gasteiger partial charge in [0.25, 0.3) is 0 Å². The Balaban J connectivity index is 2.33. The molecule has 0 radical (unpaired) electrons. The zero-order valence-electron chi connectivity index (χ0n) is 8.16. The van der Waals surface area contributed by atoms with Gasteiger partial charge < -0.3 is 5.73 Å². The lowest BCUT2D eigenvalue weighted by Crippen LogP contribution is -2.13. The van der Waals surface area contributed by atoms with Crippen molar-refractivity contribution in [2.75, 3.05) is 0 Å². The Hall–Kier alpha value is -2.26. The highest BCUT2D eigenvalue weighted by atomic mass is 32.1. The van der Waals surface area contributed by atoms with E-state index in [1.165, 1.54) is 11.5 Å². The molecule has 2 N–H and O–H groups in total. The van der Waals surface area contributed by atoms with Crippen molar-refractivity contribution < 1.29 is 0 Å². The van der Waals surface area contributed by atoms with Crippen LogP contribution in [0.2, 0.25) is 0 Å². The van der Waals surface area contributed by atoms with Gasteiger partial charge >= 0.3 is 0 Å². The van der Waals surface area contributed by atoms with Gasteiger partial charge in [-0.1, -0.05) is 10.6 Å². The van der Waals surface area contributed by atoms with Gasteiger partial charge in [-0.25, -0.2) is 4.99 Å². The molecule has 0 aliphatic carbocycles. The zero-order chi connectivity index (χ0) is 11.4. The largest absolute Gasteiger partial charge is 0.382 e. The van der Waals surface area contributed by atoms with Crippen LogP contribution in [0.1, 0.15) is 11.3 Å². The summed E-state index contributed by atoms with van der Waals surface area (Å²) in [5, 5.41) is 14.2. The van der Waals surface area contributed by atoms with Crippen LogP contribution in [-0.4, -0.2) is 15.4 Å². The summed E-state index contributed by atoms with van der Waals surface area (Å²) in [6, 6.07) is 8.93. The van der Waals surface area contributed by atoms with E-state index in [0.29, 0.717) is 22.8 Å². The number of benzene rings is 1. The summed E-state index contributed by atoms with van der Waals surface area (Å²) in [6.45, 7) is 0. The van der Waals surface area contributed by atoms with Gasteiger partial charge in [0.15, 0.2) is 5.84 Å². The maximum atomic E-state index is 8.73. The average Bonchev–Trinajstić information content (AvgIpc) is 2.83. The number of nitrogens with two attached hydrogens (primary N) is 1. The molecule has 0 aliphatic rings. The fourth-order valence-electron chi connectivity index (χ4n) is 1.12. The minimum Gasteiger partial charge on any atom is -0.382 e. The van der Waals surface area contributed by atoms with Crippen molar-refractivity contribution in [2.45, 2.75) is 0 Å². The van der Waals surface area contributed by atoms with E-state index >= 15 is 0 Å². The Morgan fingerprint density at radius 2 is 2.38 bits per heavy atom. The Morgan fingerprint density at radius 1 is 1.50 bits per heavy atom. The Morgan fingerprint density at radius 3 is 3.06 bits per heavy atom. The molecule has 0 aliphatic heterocycles. The summed E-state index contributed by atoms with van der Waals surface area (Å²) in [4.78, 5) is 4.16. The molecule has 2 rings (SSSR count). The summed E-state index contributed by atoms with van der Waals surface area (Å²) >= 11 is 1.21. The van der Waals surface area contributed by atoms with E-state index in [0.717, 1.165) is 0 Å². The third kappa shape index (κ3) is 2.21.